The van der Waals surface area contributed by atoms with E-state index >= 15 is 0 Å². The number of anilines is 2. The van der Waals surface area contributed by atoms with E-state index in [-0.39, 0.29) is 12.8 Å². The van der Waals surface area contributed by atoms with Crippen molar-refractivity contribution in [1.29, 1.82) is 0 Å². The normalized spacial score (nSPS) is 17.8. The van der Waals surface area contributed by atoms with Crippen LogP contribution in [0.15, 0.2) is 11.2 Å². The van der Waals surface area contributed by atoms with Gasteiger partial charge in [-0.15, -0.1) is 0 Å². The molecule has 0 amide bonds. The standard InChI is InChI=1S/C11H15F3N4S/c1-19-10-16-8(15)6-9(17-10)18-4-2-7(3-5-18)11(12,13)14/h6-7H,2-5H2,1H3,(H2,15,16,17). The number of alkyl halides is 3. The van der Waals surface area contributed by atoms with Crippen molar-refractivity contribution in [3.05, 3.63) is 6.07 Å². The summed E-state index contributed by atoms with van der Waals surface area (Å²) in [5, 5.41) is 0.535. The maximum Gasteiger partial charge on any atom is 0.391 e. The predicted molar refractivity (Wildman–Crippen MR) is 69.2 cm³/mol. The van der Waals surface area contributed by atoms with E-state index in [1.54, 1.807) is 6.07 Å². The number of nitrogen functional groups attached to an aromatic ring is 1. The minimum Gasteiger partial charge on any atom is -0.383 e. The Morgan fingerprint density at radius 3 is 2.47 bits per heavy atom. The average molecular weight is 292 g/mol. The van der Waals surface area contributed by atoms with E-state index in [4.69, 9.17) is 5.73 Å². The molecule has 0 radical (unpaired) electrons. The van der Waals surface area contributed by atoms with Crippen LogP contribution in [0, 0.1) is 5.92 Å². The minimum absolute atomic E-state index is 0.0992. The fraction of sp³-hybridized carbons (Fsp3) is 0.636. The zero-order chi connectivity index (χ0) is 14.0. The van der Waals surface area contributed by atoms with Crippen LogP contribution in [0.2, 0.25) is 0 Å². The molecule has 4 nitrogen and oxygen atoms in total. The summed E-state index contributed by atoms with van der Waals surface area (Å²) >= 11 is 1.36. The zero-order valence-corrected chi connectivity index (χ0v) is 11.3. The van der Waals surface area contributed by atoms with Gasteiger partial charge < -0.3 is 10.6 Å². The summed E-state index contributed by atoms with van der Waals surface area (Å²) in [5.41, 5.74) is 5.67. The van der Waals surface area contributed by atoms with Crippen LogP contribution in [0.25, 0.3) is 0 Å². The second-order valence-electron chi connectivity index (χ2n) is 4.44. The van der Waals surface area contributed by atoms with Crippen molar-refractivity contribution in [2.45, 2.75) is 24.2 Å². The lowest BCUT2D eigenvalue weighted by Gasteiger charge is -2.33. The minimum atomic E-state index is -4.10. The van der Waals surface area contributed by atoms with Gasteiger partial charge in [0.25, 0.3) is 0 Å². The quantitative estimate of drug-likeness (QED) is 0.670. The summed E-state index contributed by atoms with van der Waals surface area (Å²) in [6.07, 6.45) is -2.07. The molecule has 0 atom stereocenters. The van der Waals surface area contributed by atoms with E-state index < -0.39 is 12.1 Å². The third-order valence-electron chi connectivity index (χ3n) is 3.18. The molecule has 0 aromatic carbocycles. The van der Waals surface area contributed by atoms with E-state index in [2.05, 4.69) is 9.97 Å². The van der Waals surface area contributed by atoms with Crippen LogP contribution in [0.3, 0.4) is 0 Å². The number of nitrogens with zero attached hydrogens (tertiary/aromatic N) is 3. The Balaban J connectivity index is 2.07. The molecule has 1 fully saturated rings. The second-order valence-corrected chi connectivity index (χ2v) is 5.21. The van der Waals surface area contributed by atoms with Crippen molar-refractivity contribution < 1.29 is 13.2 Å². The van der Waals surface area contributed by atoms with Gasteiger partial charge in [-0.25, -0.2) is 9.97 Å². The average Bonchev–Trinajstić information content (AvgIpc) is 2.37. The largest absolute Gasteiger partial charge is 0.391 e. The molecule has 1 aromatic rings. The van der Waals surface area contributed by atoms with Crippen LogP contribution in [0.5, 0.6) is 0 Å². The predicted octanol–water partition coefficient (Wildman–Crippen LogP) is 2.56. The van der Waals surface area contributed by atoms with Crippen molar-refractivity contribution in [1.82, 2.24) is 9.97 Å². The fourth-order valence-corrected chi connectivity index (χ4v) is 2.50. The lowest BCUT2D eigenvalue weighted by atomic mass is 9.96. The number of hydrogen-bond acceptors (Lipinski definition) is 5. The molecule has 0 unspecified atom stereocenters. The second kappa shape index (κ2) is 5.44. The fourth-order valence-electron chi connectivity index (χ4n) is 2.12. The monoisotopic (exact) mass is 292 g/mol. The molecule has 1 aliphatic heterocycles. The Hall–Kier alpha value is -1.18. The molecule has 2 heterocycles. The van der Waals surface area contributed by atoms with Crippen LogP contribution in [-0.2, 0) is 0 Å². The van der Waals surface area contributed by atoms with Gasteiger partial charge in [0.15, 0.2) is 5.16 Å². The number of aromatic nitrogens is 2. The molecular formula is C11H15F3N4S. The van der Waals surface area contributed by atoms with Gasteiger partial charge >= 0.3 is 6.18 Å². The summed E-state index contributed by atoms with van der Waals surface area (Å²) in [6.45, 7) is 0.683. The van der Waals surface area contributed by atoms with Crippen LogP contribution in [0.1, 0.15) is 12.8 Å². The zero-order valence-electron chi connectivity index (χ0n) is 10.4. The summed E-state index contributed by atoms with van der Waals surface area (Å²) in [4.78, 5) is 10.1. The molecule has 0 aliphatic carbocycles. The van der Waals surface area contributed by atoms with Gasteiger partial charge in [0.05, 0.1) is 5.92 Å². The van der Waals surface area contributed by atoms with Gasteiger partial charge in [-0.05, 0) is 19.1 Å². The molecular weight excluding hydrogens is 277 g/mol. The van der Waals surface area contributed by atoms with Crippen LogP contribution in [0.4, 0.5) is 24.8 Å². The van der Waals surface area contributed by atoms with Crippen molar-refractivity contribution in [2.24, 2.45) is 5.92 Å². The first kappa shape index (κ1) is 14.2. The van der Waals surface area contributed by atoms with Crippen molar-refractivity contribution in [3.8, 4) is 0 Å². The highest BCUT2D eigenvalue weighted by Gasteiger charge is 2.41. The molecule has 19 heavy (non-hydrogen) atoms. The molecule has 8 heteroatoms. The first-order chi connectivity index (χ1) is 8.90. The van der Waals surface area contributed by atoms with Crippen molar-refractivity contribution in [3.63, 3.8) is 0 Å². The highest BCUT2D eigenvalue weighted by Crippen LogP contribution is 2.35. The Bertz CT molecular complexity index is 444. The highest BCUT2D eigenvalue weighted by atomic mass is 32.2. The van der Waals surface area contributed by atoms with E-state index in [0.717, 1.165) is 0 Å². The van der Waals surface area contributed by atoms with E-state index in [9.17, 15) is 13.2 Å². The molecule has 106 valence electrons. The number of rotatable bonds is 2. The summed E-state index contributed by atoms with van der Waals surface area (Å²) in [6, 6.07) is 1.60. The highest BCUT2D eigenvalue weighted by molar-refractivity contribution is 7.98. The maximum absolute atomic E-state index is 12.6. The van der Waals surface area contributed by atoms with E-state index in [1.165, 1.54) is 11.8 Å². The molecule has 2 rings (SSSR count). The Labute approximate surface area is 113 Å². The number of thioether (sulfide) groups is 1. The summed E-state index contributed by atoms with van der Waals surface area (Å²) in [5.74, 6) is -0.257. The Morgan fingerprint density at radius 1 is 1.32 bits per heavy atom. The van der Waals surface area contributed by atoms with Crippen molar-refractivity contribution >= 4 is 23.4 Å². The van der Waals surface area contributed by atoms with Crippen LogP contribution >= 0.6 is 11.8 Å². The summed E-state index contributed by atoms with van der Waals surface area (Å²) in [7, 11) is 0. The topological polar surface area (TPSA) is 55.0 Å². The Morgan fingerprint density at radius 2 is 1.95 bits per heavy atom. The summed E-state index contributed by atoms with van der Waals surface area (Å²) < 4.78 is 37.8. The Kier molecular flexibility index (Phi) is 4.07. The number of halogens is 3. The smallest absolute Gasteiger partial charge is 0.383 e. The van der Waals surface area contributed by atoms with Gasteiger partial charge in [-0.3, -0.25) is 0 Å². The number of piperidine rings is 1. The maximum atomic E-state index is 12.6. The van der Waals surface area contributed by atoms with E-state index in [1.807, 2.05) is 11.2 Å². The van der Waals surface area contributed by atoms with E-state index in [0.29, 0.717) is 29.9 Å². The molecule has 0 spiro atoms. The number of hydrogen-bond donors (Lipinski definition) is 1. The molecule has 0 saturated carbocycles. The lowest BCUT2D eigenvalue weighted by Crippen LogP contribution is -2.39. The number of nitrogens with two attached hydrogens (primary N) is 1. The lowest BCUT2D eigenvalue weighted by molar-refractivity contribution is -0.179. The van der Waals surface area contributed by atoms with Gasteiger partial charge in [-0.1, -0.05) is 11.8 Å². The molecule has 1 saturated heterocycles. The van der Waals surface area contributed by atoms with Crippen LogP contribution < -0.4 is 10.6 Å². The molecule has 1 aliphatic rings. The SMILES string of the molecule is CSc1nc(N)cc(N2CCC(C(F)(F)F)CC2)n1. The third kappa shape index (κ3) is 3.43. The molecule has 0 bridgehead atoms. The van der Waals surface area contributed by atoms with Gasteiger partial charge in [0.2, 0.25) is 0 Å². The molecule has 1 aromatic heterocycles. The van der Waals surface area contributed by atoms with Gasteiger partial charge in [-0.2, -0.15) is 13.2 Å². The third-order valence-corrected chi connectivity index (χ3v) is 3.72. The molecule has 2 N–H and O–H groups in total. The van der Waals surface area contributed by atoms with Crippen molar-refractivity contribution in [2.75, 3.05) is 30.0 Å². The first-order valence-corrected chi connectivity index (χ1v) is 7.13. The van der Waals surface area contributed by atoms with Gasteiger partial charge in [0, 0.05) is 19.2 Å². The van der Waals surface area contributed by atoms with Gasteiger partial charge in [0.1, 0.15) is 11.6 Å². The van der Waals surface area contributed by atoms with Crippen LogP contribution in [-0.4, -0.2) is 35.5 Å². The first-order valence-electron chi connectivity index (χ1n) is 5.90.